The Kier molecular flexibility index (Phi) is 5.03. The van der Waals surface area contributed by atoms with Crippen LogP contribution in [0.5, 0.6) is 5.75 Å². The summed E-state index contributed by atoms with van der Waals surface area (Å²) in [4.78, 5) is 24.0. The third kappa shape index (κ3) is 3.99. The highest BCUT2D eigenvalue weighted by atomic mass is 16.5. The largest absolute Gasteiger partial charge is 0.482 e. The first-order chi connectivity index (χ1) is 14.0. The van der Waals surface area contributed by atoms with Crippen molar-refractivity contribution in [1.29, 1.82) is 0 Å². The Labute approximate surface area is 168 Å². The normalized spacial score (nSPS) is 12.7. The Balaban J connectivity index is 1.45. The quantitative estimate of drug-likeness (QED) is 0.702. The summed E-state index contributed by atoms with van der Waals surface area (Å²) < 4.78 is 7.34. The SMILES string of the molecule is Cc1nn(Cc2ccccc2)c(C)c1CNC(=O)c1ccc2c(c1)OCC(=O)N2. The van der Waals surface area contributed by atoms with E-state index in [9.17, 15) is 9.59 Å². The number of rotatable bonds is 5. The van der Waals surface area contributed by atoms with Gasteiger partial charge in [-0.1, -0.05) is 30.3 Å². The molecule has 0 saturated carbocycles. The molecule has 1 aliphatic heterocycles. The summed E-state index contributed by atoms with van der Waals surface area (Å²) in [6.07, 6.45) is 0. The molecule has 4 rings (SSSR count). The van der Waals surface area contributed by atoms with Gasteiger partial charge in [-0.15, -0.1) is 0 Å². The van der Waals surface area contributed by atoms with Crippen LogP contribution in [-0.4, -0.2) is 28.2 Å². The molecule has 7 nitrogen and oxygen atoms in total. The van der Waals surface area contributed by atoms with Gasteiger partial charge in [0.25, 0.3) is 11.8 Å². The summed E-state index contributed by atoms with van der Waals surface area (Å²) in [5.74, 6) is 0.0939. The first-order valence-electron chi connectivity index (χ1n) is 9.43. The van der Waals surface area contributed by atoms with E-state index in [1.807, 2.05) is 36.7 Å². The monoisotopic (exact) mass is 390 g/mol. The Bertz CT molecular complexity index is 1070. The number of fused-ring (bicyclic) bond motifs is 1. The molecule has 0 radical (unpaired) electrons. The van der Waals surface area contributed by atoms with Gasteiger partial charge in [-0.2, -0.15) is 5.10 Å². The van der Waals surface area contributed by atoms with E-state index in [0.717, 1.165) is 17.0 Å². The molecule has 29 heavy (non-hydrogen) atoms. The summed E-state index contributed by atoms with van der Waals surface area (Å²) in [6, 6.07) is 15.1. The van der Waals surface area contributed by atoms with Crippen molar-refractivity contribution in [3.63, 3.8) is 0 Å². The molecule has 1 aliphatic rings. The number of nitrogens with zero attached hydrogens (tertiary/aromatic N) is 2. The summed E-state index contributed by atoms with van der Waals surface area (Å²) in [6.45, 7) is 5.00. The van der Waals surface area contributed by atoms with E-state index < -0.39 is 0 Å². The minimum absolute atomic E-state index is 0.0446. The van der Waals surface area contributed by atoms with Crippen LogP contribution < -0.4 is 15.4 Å². The lowest BCUT2D eigenvalue weighted by Gasteiger charge is -2.18. The summed E-state index contributed by atoms with van der Waals surface area (Å²) in [5.41, 5.74) is 5.17. The van der Waals surface area contributed by atoms with Gasteiger partial charge in [0.1, 0.15) is 5.75 Å². The van der Waals surface area contributed by atoms with Gasteiger partial charge in [-0.25, -0.2) is 0 Å². The van der Waals surface area contributed by atoms with E-state index in [1.165, 1.54) is 5.56 Å². The second kappa shape index (κ2) is 7.79. The number of aromatic nitrogens is 2. The molecule has 2 heterocycles. The second-order valence-electron chi connectivity index (χ2n) is 7.02. The number of hydrogen-bond donors (Lipinski definition) is 2. The van der Waals surface area contributed by atoms with Crippen molar-refractivity contribution in [2.24, 2.45) is 0 Å². The van der Waals surface area contributed by atoms with Crippen LogP contribution in [0.4, 0.5) is 5.69 Å². The average molecular weight is 390 g/mol. The summed E-state index contributed by atoms with van der Waals surface area (Å²) >= 11 is 0. The zero-order valence-electron chi connectivity index (χ0n) is 16.4. The molecule has 3 aromatic rings. The first kappa shape index (κ1) is 18.7. The number of hydrogen-bond acceptors (Lipinski definition) is 4. The van der Waals surface area contributed by atoms with E-state index in [0.29, 0.717) is 30.1 Å². The van der Waals surface area contributed by atoms with E-state index in [-0.39, 0.29) is 18.4 Å². The molecule has 2 N–H and O–H groups in total. The Morgan fingerprint density at radius 2 is 2.00 bits per heavy atom. The lowest BCUT2D eigenvalue weighted by atomic mass is 10.1. The minimum Gasteiger partial charge on any atom is -0.482 e. The van der Waals surface area contributed by atoms with E-state index in [2.05, 4.69) is 27.9 Å². The number of ether oxygens (including phenoxy) is 1. The van der Waals surface area contributed by atoms with Gasteiger partial charge in [-0.05, 0) is 37.6 Å². The topological polar surface area (TPSA) is 85.2 Å². The fourth-order valence-corrected chi connectivity index (χ4v) is 3.39. The molecule has 0 atom stereocenters. The maximum Gasteiger partial charge on any atom is 0.262 e. The van der Waals surface area contributed by atoms with Crippen LogP contribution >= 0.6 is 0 Å². The van der Waals surface area contributed by atoms with Gasteiger partial charge >= 0.3 is 0 Å². The van der Waals surface area contributed by atoms with Crippen LogP contribution in [0.2, 0.25) is 0 Å². The highest BCUT2D eigenvalue weighted by Crippen LogP contribution is 2.28. The van der Waals surface area contributed by atoms with Crippen molar-refractivity contribution in [3.05, 3.63) is 76.6 Å². The van der Waals surface area contributed by atoms with E-state index in [1.54, 1.807) is 18.2 Å². The van der Waals surface area contributed by atoms with Gasteiger partial charge in [0, 0.05) is 23.4 Å². The molecule has 2 amide bonds. The van der Waals surface area contributed by atoms with Gasteiger partial charge in [0.05, 0.1) is 17.9 Å². The molecule has 0 saturated heterocycles. The number of amides is 2. The number of benzene rings is 2. The van der Waals surface area contributed by atoms with Crippen LogP contribution in [0.25, 0.3) is 0 Å². The van der Waals surface area contributed by atoms with E-state index >= 15 is 0 Å². The van der Waals surface area contributed by atoms with Crippen molar-refractivity contribution in [2.75, 3.05) is 11.9 Å². The standard InChI is InChI=1S/C22H22N4O3/c1-14-18(15(2)26(25-14)12-16-6-4-3-5-7-16)11-23-22(28)17-8-9-19-20(10-17)29-13-21(27)24-19/h3-10H,11-13H2,1-2H3,(H,23,28)(H,24,27). The molecule has 2 aromatic carbocycles. The number of carbonyl (C=O) groups excluding carboxylic acids is 2. The lowest BCUT2D eigenvalue weighted by Crippen LogP contribution is -2.27. The van der Waals surface area contributed by atoms with Crippen molar-refractivity contribution >= 4 is 17.5 Å². The summed E-state index contributed by atoms with van der Waals surface area (Å²) in [7, 11) is 0. The Hall–Kier alpha value is -3.61. The van der Waals surface area contributed by atoms with Crippen molar-refractivity contribution in [3.8, 4) is 5.75 Å². The lowest BCUT2D eigenvalue weighted by molar-refractivity contribution is -0.118. The number of carbonyl (C=O) groups is 2. The maximum atomic E-state index is 12.6. The maximum absolute atomic E-state index is 12.6. The van der Waals surface area contributed by atoms with Crippen LogP contribution in [0, 0.1) is 13.8 Å². The van der Waals surface area contributed by atoms with Gasteiger partial charge in [0.15, 0.2) is 6.61 Å². The predicted molar refractivity (Wildman–Crippen MR) is 109 cm³/mol. The van der Waals surface area contributed by atoms with Crippen molar-refractivity contribution in [1.82, 2.24) is 15.1 Å². The van der Waals surface area contributed by atoms with Gasteiger partial charge in [-0.3, -0.25) is 14.3 Å². The highest BCUT2D eigenvalue weighted by Gasteiger charge is 2.18. The minimum atomic E-state index is -0.206. The first-order valence-corrected chi connectivity index (χ1v) is 9.43. The molecule has 0 spiro atoms. The molecule has 0 unspecified atom stereocenters. The zero-order valence-corrected chi connectivity index (χ0v) is 16.4. The van der Waals surface area contributed by atoms with Crippen molar-refractivity contribution in [2.45, 2.75) is 26.9 Å². The van der Waals surface area contributed by atoms with E-state index in [4.69, 9.17) is 4.74 Å². The number of anilines is 1. The predicted octanol–water partition coefficient (Wildman–Crippen LogP) is 2.81. The molecular weight excluding hydrogens is 368 g/mol. The fraction of sp³-hybridized carbons (Fsp3) is 0.227. The third-order valence-electron chi connectivity index (χ3n) is 5.01. The number of aryl methyl sites for hydroxylation is 1. The number of nitrogens with one attached hydrogen (secondary N) is 2. The van der Waals surface area contributed by atoms with Crippen LogP contribution in [0.3, 0.4) is 0 Å². The fourth-order valence-electron chi connectivity index (χ4n) is 3.39. The van der Waals surface area contributed by atoms with Gasteiger partial charge < -0.3 is 15.4 Å². The molecule has 0 bridgehead atoms. The Morgan fingerprint density at radius 3 is 2.79 bits per heavy atom. The van der Waals surface area contributed by atoms with Crippen molar-refractivity contribution < 1.29 is 14.3 Å². The average Bonchev–Trinajstić information content (AvgIpc) is 2.99. The van der Waals surface area contributed by atoms with Gasteiger partial charge in [0.2, 0.25) is 0 Å². The van der Waals surface area contributed by atoms with Crippen LogP contribution in [-0.2, 0) is 17.9 Å². The molecule has 0 fully saturated rings. The van der Waals surface area contributed by atoms with Crippen LogP contribution in [0.15, 0.2) is 48.5 Å². The smallest absolute Gasteiger partial charge is 0.262 e. The Morgan fingerprint density at radius 1 is 1.21 bits per heavy atom. The molecule has 1 aromatic heterocycles. The summed E-state index contributed by atoms with van der Waals surface area (Å²) in [5, 5.41) is 10.3. The molecule has 7 heteroatoms. The second-order valence-corrected chi connectivity index (χ2v) is 7.02. The molecular formula is C22H22N4O3. The van der Waals surface area contributed by atoms with Crippen LogP contribution in [0.1, 0.15) is 32.9 Å². The third-order valence-corrected chi connectivity index (χ3v) is 5.01. The molecule has 148 valence electrons. The molecule has 0 aliphatic carbocycles. The zero-order chi connectivity index (χ0) is 20.4. The highest BCUT2D eigenvalue weighted by molar-refractivity contribution is 5.98.